The first-order valence-electron chi connectivity index (χ1n) is 5.76. The van der Waals surface area contributed by atoms with Crippen molar-refractivity contribution >= 4 is 0 Å². The standard InChI is InChI=1S/C12H26N2O/c1-11(2,8-14(4)5)6-13-7-12(3)9-15-10-12/h13H,6-10H2,1-5H3. The normalized spacial score (nSPS) is 20.4. The first kappa shape index (κ1) is 12.9. The van der Waals surface area contributed by atoms with Crippen LogP contribution in [0.15, 0.2) is 0 Å². The van der Waals surface area contributed by atoms with E-state index >= 15 is 0 Å². The predicted octanol–water partition coefficient (Wildman–Crippen LogP) is 1.20. The Bertz CT molecular complexity index is 198. The summed E-state index contributed by atoms with van der Waals surface area (Å²) in [6, 6.07) is 0. The van der Waals surface area contributed by atoms with Crippen molar-refractivity contribution in [1.29, 1.82) is 0 Å². The van der Waals surface area contributed by atoms with E-state index in [1.165, 1.54) is 0 Å². The zero-order valence-electron chi connectivity index (χ0n) is 10.9. The number of hydrogen-bond acceptors (Lipinski definition) is 3. The van der Waals surface area contributed by atoms with E-state index in [4.69, 9.17) is 4.74 Å². The molecule has 0 unspecified atom stereocenters. The molecule has 90 valence electrons. The van der Waals surface area contributed by atoms with Gasteiger partial charge in [0, 0.05) is 25.0 Å². The highest BCUT2D eigenvalue weighted by atomic mass is 16.5. The van der Waals surface area contributed by atoms with Crippen LogP contribution in [0.1, 0.15) is 20.8 Å². The number of hydrogen-bond donors (Lipinski definition) is 1. The molecule has 3 nitrogen and oxygen atoms in total. The first-order chi connectivity index (χ1) is 6.83. The molecule has 0 aromatic carbocycles. The SMILES string of the molecule is CN(C)CC(C)(C)CNCC1(C)COC1. The Morgan fingerprint density at radius 2 is 1.93 bits per heavy atom. The second-order valence-corrected chi connectivity index (χ2v) is 6.31. The van der Waals surface area contributed by atoms with Gasteiger partial charge in [-0.15, -0.1) is 0 Å². The van der Waals surface area contributed by atoms with Gasteiger partial charge in [0.15, 0.2) is 0 Å². The highest BCUT2D eigenvalue weighted by Crippen LogP contribution is 2.25. The zero-order chi connectivity index (χ0) is 11.5. The third-order valence-corrected chi connectivity index (χ3v) is 2.80. The summed E-state index contributed by atoms with van der Waals surface area (Å²) in [5.74, 6) is 0. The molecule has 1 N–H and O–H groups in total. The van der Waals surface area contributed by atoms with Gasteiger partial charge in [0.1, 0.15) is 0 Å². The van der Waals surface area contributed by atoms with Crippen LogP contribution in [-0.2, 0) is 4.74 Å². The monoisotopic (exact) mass is 214 g/mol. The number of nitrogens with zero attached hydrogens (tertiary/aromatic N) is 1. The van der Waals surface area contributed by atoms with Crippen LogP contribution in [0.5, 0.6) is 0 Å². The fraction of sp³-hybridized carbons (Fsp3) is 1.00. The summed E-state index contributed by atoms with van der Waals surface area (Å²) in [4.78, 5) is 2.25. The van der Waals surface area contributed by atoms with Gasteiger partial charge in [-0.05, 0) is 19.5 Å². The Hall–Kier alpha value is -0.120. The average Bonchev–Trinajstić information content (AvgIpc) is 1.98. The average molecular weight is 214 g/mol. The number of ether oxygens (including phenoxy) is 1. The van der Waals surface area contributed by atoms with Crippen molar-refractivity contribution < 1.29 is 4.74 Å². The Kier molecular flexibility index (Phi) is 4.15. The van der Waals surface area contributed by atoms with E-state index in [0.717, 1.165) is 32.8 Å². The first-order valence-corrected chi connectivity index (χ1v) is 5.76. The Morgan fingerprint density at radius 1 is 1.33 bits per heavy atom. The molecule has 1 saturated heterocycles. The Morgan fingerprint density at radius 3 is 2.33 bits per heavy atom. The molecule has 1 rings (SSSR count). The summed E-state index contributed by atoms with van der Waals surface area (Å²) in [6.45, 7) is 12.0. The lowest BCUT2D eigenvalue weighted by Gasteiger charge is -2.39. The van der Waals surface area contributed by atoms with E-state index in [1.54, 1.807) is 0 Å². The number of rotatable bonds is 6. The van der Waals surface area contributed by atoms with Crippen molar-refractivity contribution in [3.63, 3.8) is 0 Å². The Labute approximate surface area is 94.2 Å². The minimum absolute atomic E-state index is 0.338. The van der Waals surface area contributed by atoms with Crippen LogP contribution < -0.4 is 5.32 Å². The van der Waals surface area contributed by atoms with E-state index in [2.05, 4.69) is 45.1 Å². The van der Waals surface area contributed by atoms with Crippen molar-refractivity contribution in [3.05, 3.63) is 0 Å². The van der Waals surface area contributed by atoms with Gasteiger partial charge in [-0.2, -0.15) is 0 Å². The van der Waals surface area contributed by atoms with E-state index < -0.39 is 0 Å². The highest BCUT2D eigenvalue weighted by molar-refractivity contribution is 4.84. The van der Waals surface area contributed by atoms with Crippen LogP contribution >= 0.6 is 0 Å². The molecule has 0 atom stereocenters. The van der Waals surface area contributed by atoms with Crippen molar-refractivity contribution in [2.45, 2.75) is 20.8 Å². The molecule has 0 aromatic heterocycles. The molecular weight excluding hydrogens is 188 g/mol. The molecule has 1 heterocycles. The van der Waals surface area contributed by atoms with Gasteiger partial charge in [0.25, 0.3) is 0 Å². The summed E-state index contributed by atoms with van der Waals surface area (Å²) >= 11 is 0. The summed E-state index contributed by atoms with van der Waals surface area (Å²) in [6.07, 6.45) is 0. The van der Waals surface area contributed by atoms with Gasteiger partial charge < -0.3 is 15.0 Å². The van der Waals surface area contributed by atoms with Crippen LogP contribution in [0.3, 0.4) is 0 Å². The van der Waals surface area contributed by atoms with E-state index in [0.29, 0.717) is 10.8 Å². The van der Waals surface area contributed by atoms with Crippen LogP contribution in [0.4, 0.5) is 0 Å². The Balaban J connectivity index is 2.18. The van der Waals surface area contributed by atoms with Gasteiger partial charge in [0.2, 0.25) is 0 Å². The lowest BCUT2D eigenvalue weighted by molar-refractivity contribution is -0.0996. The van der Waals surface area contributed by atoms with Crippen LogP contribution in [0.2, 0.25) is 0 Å². The molecule has 1 aliphatic rings. The zero-order valence-corrected chi connectivity index (χ0v) is 10.9. The van der Waals surface area contributed by atoms with E-state index in [1.807, 2.05) is 0 Å². The van der Waals surface area contributed by atoms with Gasteiger partial charge >= 0.3 is 0 Å². The maximum absolute atomic E-state index is 5.24. The summed E-state index contributed by atoms with van der Waals surface area (Å²) in [5.41, 5.74) is 0.721. The molecule has 3 heteroatoms. The smallest absolute Gasteiger partial charge is 0.0554 e. The van der Waals surface area contributed by atoms with E-state index in [9.17, 15) is 0 Å². The second kappa shape index (κ2) is 4.81. The molecule has 1 fully saturated rings. The van der Waals surface area contributed by atoms with E-state index in [-0.39, 0.29) is 0 Å². The van der Waals surface area contributed by atoms with Gasteiger partial charge in [-0.25, -0.2) is 0 Å². The maximum atomic E-state index is 5.24. The molecule has 1 aliphatic heterocycles. The topological polar surface area (TPSA) is 24.5 Å². The minimum Gasteiger partial charge on any atom is -0.380 e. The molecule has 15 heavy (non-hydrogen) atoms. The third kappa shape index (κ3) is 4.49. The molecule has 0 saturated carbocycles. The van der Waals surface area contributed by atoms with Crippen molar-refractivity contribution in [2.24, 2.45) is 10.8 Å². The minimum atomic E-state index is 0.338. The largest absolute Gasteiger partial charge is 0.380 e. The lowest BCUT2D eigenvalue weighted by Crippen LogP contribution is -2.49. The predicted molar refractivity (Wildman–Crippen MR) is 64.1 cm³/mol. The molecule has 0 aliphatic carbocycles. The fourth-order valence-electron chi connectivity index (χ4n) is 2.17. The van der Waals surface area contributed by atoms with Crippen LogP contribution in [-0.4, -0.2) is 51.8 Å². The number of nitrogens with one attached hydrogen (secondary N) is 1. The van der Waals surface area contributed by atoms with Crippen molar-refractivity contribution in [3.8, 4) is 0 Å². The highest BCUT2D eigenvalue weighted by Gasteiger charge is 2.33. The second-order valence-electron chi connectivity index (χ2n) is 6.31. The van der Waals surface area contributed by atoms with Crippen molar-refractivity contribution in [1.82, 2.24) is 10.2 Å². The quantitative estimate of drug-likeness (QED) is 0.719. The molecule has 0 radical (unpaired) electrons. The fourth-order valence-corrected chi connectivity index (χ4v) is 2.17. The van der Waals surface area contributed by atoms with Crippen molar-refractivity contribution in [2.75, 3.05) is 46.9 Å². The summed E-state index contributed by atoms with van der Waals surface area (Å²) in [5, 5.41) is 3.57. The molecule has 0 spiro atoms. The van der Waals surface area contributed by atoms with Gasteiger partial charge in [0.05, 0.1) is 13.2 Å². The molecule has 0 aromatic rings. The van der Waals surface area contributed by atoms with Crippen LogP contribution in [0.25, 0.3) is 0 Å². The van der Waals surface area contributed by atoms with Gasteiger partial charge in [-0.1, -0.05) is 20.8 Å². The molecular formula is C12H26N2O. The third-order valence-electron chi connectivity index (χ3n) is 2.80. The van der Waals surface area contributed by atoms with Gasteiger partial charge in [-0.3, -0.25) is 0 Å². The summed E-state index contributed by atoms with van der Waals surface area (Å²) < 4.78 is 5.24. The maximum Gasteiger partial charge on any atom is 0.0554 e. The van der Waals surface area contributed by atoms with Crippen LogP contribution in [0, 0.1) is 10.8 Å². The lowest BCUT2D eigenvalue weighted by atomic mass is 9.87. The molecule has 0 amide bonds. The summed E-state index contributed by atoms with van der Waals surface area (Å²) in [7, 11) is 4.26. The molecule has 0 bridgehead atoms.